The number of hydrogen-bond donors (Lipinski definition) is 2. The lowest BCUT2D eigenvalue weighted by Gasteiger charge is -2.31. The topological polar surface area (TPSA) is 110 Å². The van der Waals surface area contributed by atoms with Crippen molar-refractivity contribution >= 4 is 34.6 Å². The molecule has 0 unspecified atom stereocenters. The fraction of sp³-hybridized carbons (Fsp3) is 0.280. The van der Waals surface area contributed by atoms with Crippen LogP contribution in [0.5, 0.6) is 5.75 Å². The summed E-state index contributed by atoms with van der Waals surface area (Å²) in [6, 6.07) is 16.3. The molecule has 2 heterocycles. The van der Waals surface area contributed by atoms with Crippen molar-refractivity contribution in [3.63, 3.8) is 0 Å². The highest BCUT2D eigenvalue weighted by atomic mass is 16.5. The Balaban J connectivity index is 1.60. The number of amides is 2. The summed E-state index contributed by atoms with van der Waals surface area (Å²) in [6.07, 6.45) is 2.84. The van der Waals surface area contributed by atoms with Crippen molar-refractivity contribution in [1.29, 1.82) is 10.7 Å². The summed E-state index contributed by atoms with van der Waals surface area (Å²) >= 11 is 0. The lowest BCUT2D eigenvalue weighted by Crippen LogP contribution is -2.41. The third-order valence-corrected chi connectivity index (χ3v) is 5.92. The van der Waals surface area contributed by atoms with Crippen LogP contribution in [0.15, 0.2) is 59.8 Å². The third kappa shape index (κ3) is 4.58. The van der Waals surface area contributed by atoms with Crippen molar-refractivity contribution in [3.8, 4) is 11.8 Å². The molecule has 0 bridgehead atoms. The molecule has 4 rings (SSSR count). The molecular formula is C25H25N5O3. The number of anilines is 3. The average molecular weight is 444 g/mol. The van der Waals surface area contributed by atoms with Gasteiger partial charge >= 0.3 is 0 Å². The van der Waals surface area contributed by atoms with Gasteiger partial charge in [-0.2, -0.15) is 5.26 Å². The predicted molar refractivity (Wildman–Crippen MR) is 127 cm³/mol. The largest absolute Gasteiger partial charge is 0.497 e. The van der Waals surface area contributed by atoms with E-state index in [1.54, 1.807) is 41.2 Å². The fourth-order valence-corrected chi connectivity index (χ4v) is 4.12. The molecule has 0 aliphatic carbocycles. The monoisotopic (exact) mass is 443 g/mol. The van der Waals surface area contributed by atoms with Crippen molar-refractivity contribution in [2.75, 3.05) is 35.3 Å². The maximum absolute atomic E-state index is 13.4. The van der Waals surface area contributed by atoms with E-state index in [9.17, 15) is 14.9 Å². The van der Waals surface area contributed by atoms with Crippen LogP contribution in [-0.4, -0.2) is 37.7 Å². The average Bonchev–Trinajstić information content (AvgIpc) is 2.85. The van der Waals surface area contributed by atoms with Gasteiger partial charge in [0.2, 0.25) is 5.91 Å². The SMILES string of the molecule is COc1ccc(NC2=C(C(=N)C#N)CCN(c3ccc(N4CCCCC4=O)cc3)C2=O)cc1. The molecule has 168 valence electrons. The summed E-state index contributed by atoms with van der Waals surface area (Å²) in [5.74, 6) is 0.494. The lowest BCUT2D eigenvalue weighted by molar-refractivity contribution is -0.119. The van der Waals surface area contributed by atoms with E-state index in [1.165, 1.54) is 0 Å². The number of nitrogens with zero attached hydrogens (tertiary/aromatic N) is 3. The second-order valence-corrected chi connectivity index (χ2v) is 7.92. The van der Waals surface area contributed by atoms with Crippen LogP contribution in [0.25, 0.3) is 0 Å². The van der Waals surface area contributed by atoms with Gasteiger partial charge in [0.25, 0.3) is 5.91 Å². The van der Waals surface area contributed by atoms with Crippen molar-refractivity contribution < 1.29 is 14.3 Å². The lowest BCUT2D eigenvalue weighted by atomic mass is 9.99. The number of carbonyl (C=O) groups is 2. The first kappa shape index (κ1) is 22.1. The molecule has 2 aromatic rings. The van der Waals surface area contributed by atoms with Crippen LogP contribution in [-0.2, 0) is 9.59 Å². The number of nitriles is 1. The van der Waals surface area contributed by atoms with Gasteiger partial charge in [0.05, 0.1) is 7.11 Å². The number of methoxy groups -OCH3 is 1. The molecule has 8 nitrogen and oxygen atoms in total. The first-order valence-corrected chi connectivity index (χ1v) is 10.9. The molecule has 2 aliphatic heterocycles. The van der Waals surface area contributed by atoms with E-state index in [1.807, 2.05) is 30.3 Å². The maximum atomic E-state index is 13.4. The molecule has 0 radical (unpaired) electrons. The van der Waals surface area contributed by atoms with Crippen LogP contribution in [0.3, 0.4) is 0 Å². The first-order valence-electron chi connectivity index (χ1n) is 10.9. The fourth-order valence-electron chi connectivity index (χ4n) is 4.12. The standard InChI is InChI=1S/C25H25N5O3/c1-33-20-11-5-17(6-12-20)28-24-21(22(27)16-26)13-15-30(25(24)32)19-9-7-18(8-10-19)29-14-3-2-4-23(29)31/h5-12,27-28H,2-4,13-15H2,1H3. The summed E-state index contributed by atoms with van der Waals surface area (Å²) in [5, 5.41) is 20.4. The molecule has 1 saturated heterocycles. The van der Waals surface area contributed by atoms with Gasteiger partial charge in [-0.25, -0.2) is 0 Å². The molecule has 0 atom stereocenters. The van der Waals surface area contributed by atoms with E-state index in [0.717, 1.165) is 18.5 Å². The Bertz CT molecular complexity index is 1150. The maximum Gasteiger partial charge on any atom is 0.275 e. The van der Waals surface area contributed by atoms with E-state index >= 15 is 0 Å². The minimum absolute atomic E-state index is 0.122. The molecule has 1 fully saturated rings. The van der Waals surface area contributed by atoms with Crippen LogP contribution in [0.1, 0.15) is 25.7 Å². The van der Waals surface area contributed by atoms with E-state index in [-0.39, 0.29) is 23.2 Å². The Morgan fingerprint density at radius 1 is 0.970 bits per heavy atom. The van der Waals surface area contributed by atoms with Crippen LogP contribution in [0.2, 0.25) is 0 Å². The van der Waals surface area contributed by atoms with Crippen molar-refractivity contribution in [1.82, 2.24) is 0 Å². The van der Waals surface area contributed by atoms with E-state index < -0.39 is 0 Å². The Labute approximate surface area is 192 Å². The second-order valence-electron chi connectivity index (χ2n) is 7.92. The van der Waals surface area contributed by atoms with Gasteiger partial charge in [-0.05, 0) is 67.8 Å². The molecule has 33 heavy (non-hydrogen) atoms. The summed E-state index contributed by atoms with van der Waals surface area (Å²) in [4.78, 5) is 29.1. The van der Waals surface area contributed by atoms with Gasteiger partial charge in [-0.3, -0.25) is 15.0 Å². The smallest absolute Gasteiger partial charge is 0.275 e. The molecule has 8 heteroatoms. The second kappa shape index (κ2) is 9.57. The van der Waals surface area contributed by atoms with Gasteiger partial charge in [-0.1, -0.05) is 0 Å². The quantitative estimate of drug-likeness (QED) is 0.659. The van der Waals surface area contributed by atoms with Crippen LogP contribution >= 0.6 is 0 Å². The zero-order valence-corrected chi connectivity index (χ0v) is 18.4. The Kier molecular flexibility index (Phi) is 6.41. The molecule has 0 spiro atoms. The van der Waals surface area contributed by atoms with E-state index in [2.05, 4.69) is 5.32 Å². The number of ether oxygens (including phenoxy) is 1. The van der Waals surface area contributed by atoms with Crippen LogP contribution < -0.4 is 19.9 Å². The third-order valence-electron chi connectivity index (χ3n) is 5.92. The number of nitrogens with one attached hydrogen (secondary N) is 2. The molecule has 0 saturated carbocycles. The minimum atomic E-state index is -0.311. The van der Waals surface area contributed by atoms with Gasteiger partial charge in [0.15, 0.2) is 0 Å². The zero-order chi connectivity index (χ0) is 23.4. The number of carbonyl (C=O) groups excluding carboxylic acids is 2. The summed E-state index contributed by atoms with van der Waals surface area (Å²) in [7, 11) is 1.58. The minimum Gasteiger partial charge on any atom is -0.497 e. The van der Waals surface area contributed by atoms with Gasteiger partial charge in [0, 0.05) is 42.1 Å². The highest BCUT2D eigenvalue weighted by Gasteiger charge is 2.30. The predicted octanol–water partition coefficient (Wildman–Crippen LogP) is 3.86. The highest BCUT2D eigenvalue weighted by molar-refractivity contribution is 6.19. The summed E-state index contributed by atoms with van der Waals surface area (Å²) < 4.78 is 5.18. The molecular weight excluding hydrogens is 418 g/mol. The normalized spacial score (nSPS) is 16.5. The highest BCUT2D eigenvalue weighted by Crippen LogP contribution is 2.30. The zero-order valence-electron chi connectivity index (χ0n) is 18.4. The van der Waals surface area contributed by atoms with E-state index in [0.29, 0.717) is 48.6 Å². The molecule has 2 aliphatic rings. The van der Waals surface area contributed by atoms with Crippen molar-refractivity contribution in [3.05, 3.63) is 59.8 Å². The molecule has 2 amide bonds. The first-order chi connectivity index (χ1) is 16.0. The Morgan fingerprint density at radius 2 is 1.64 bits per heavy atom. The van der Waals surface area contributed by atoms with Gasteiger partial charge in [0.1, 0.15) is 23.2 Å². The summed E-state index contributed by atoms with van der Waals surface area (Å²) in [6.45, 7) is 1.06. The number of hydrogen-bond acceptors (Lipinski definition) is 6. The van der Waals surface area contributed by atoms with Crippen molar-refractivity contribution in [2.24, 2.45) is 0 Å². The van der Waals surface area contributed by atoms with Gasteiger partial charge < -0.3 is 19.9 Å². The molecule has 2 aromatic carbocycles. The Morgan fingerprint density at radius 3 is 2.24 bits per heavy atom. The van der Waals surface area contributed by atoms with Crippen molar-refractivity contribution in [2.45, 2.75) is 25.7 Å². The van der Waals surface area contributed by atoms with Crippen LogP contribution in [0.4, 0.5) is 17.1 Å². The molecule has 0 aromatic heterocycles. The van der Waals surface area contributed by atoms with Crippen LogP contribution in [0, 0.1) is 16.7 Å². The van der Waals surface area contributed by atoms with Gasteiger partial charge in [-0.15, -0.1) is 0 Å². The Hall–Kier alpha value is -4.12. The number of piperidine rings is 1. The number of benzene rings is 2. The number of rotatable bonds is 6. The molecule has 2 N–H and O–H groups in total. The van der Waals surface area contributed by atoms with E-state index in [4.69, 9.17) is 10.1 Å². The summed E-state index contributed by atoms with van der Waals surface area (Å²) in [5.41, 5.74) is 2.57.